The third kappa shape index (κ3) is 4.22. The summed E-state index contributed by atoms with van der Waals surface area (Å²) in [5.41, 5.74) is 2.66. The zero-order valence-electron chi connectivity index (χ0n) is 24.5. The zero-order valence-corrected chi connectivity index (χ0v) is 24.5. The molecule has 0 amide bonds. The first-order valence-electron chi connectivity index (χ1n) is 16.2. The van der Waals surface area contributed by atoms with Gasteiger partial charge in [-0.15, -0.1) is 0 Å². The Balaban J connectivity index is 1.11. The number of phenols is 1. The van der Waals surface area contributed by atoms with Crippen LogP contribution >= 0.6 is 0 Å². The number of hydrogen-bond acceptors (Lipinski definition) is 5. The van der Waals surface area contributed by atoms with E-state index in [0.29, 0.717) is 11.8 Å². The van der Waals surface area contributed by atoms with E-state index in [-0.39, 0.29) is 23.9 Å². The maximum atomic E-state index is 12.8. The van der Waals surface area contributed by atoms with Crippen molar-refractivity contribution in [2.45, 2.75) is 120 Å². The molecule has 3 aliphatic carbocycles. The maximum absolute atomic E-state index is 12.8. The van der Waals surface area contributed by atoms with Crippen LogP contribution in [-0.4, -0.2) is 69.5 Å². The molecule has 5 aliphatic rings. The van der Waals surface area contributed by atoms with Crippen LogP contribution in [0.3, 0.4) is 0 Å². The number of nitrogens with zero attached hydrogens (tertiary/aromatic N) is 2. The first kappa shape index (κ1) is 26.8. The molecular formula is C35H48N2O3. The topological polar surface area (TPSA) is 56.2 Å². The zero-order chi connectivity index (χ0) is 27.5. The van der Waals surface area contributed by atoms with Gasteiger partial charge < -0.3 is 14.9 Å². The van der Waals surface area contributed by atoms with E-state index in [2.05, 4.69) is 60.0 Å². The van der Waals surface area contributed by atoms with Crippen molar-refractivity contribution in [2.75, 3.05) is 19.6 Å². The number of phenolic OH excluding ortho intramolecular Hbond substituents is 1. The maximum Gasteiger partial charge on any atom is 0.165 e. The summed E-state index contributed by atoms with van der Waals surface area (Å²) in [7, 11) is 0. The van der Waals surface area contributed by atoms with Crippen molar-refractivity contribution < 1.29 is 14.9 Å². The predicted molar refractivity (Wildman–Crippen MR) is 159 cm³/mol. The van der Waals surface area contributed by atoms with Crippen LogP contribution in [0.15, 0.2) is 42.5 Å². The van der Waals surface area contributed by atoms with Crippen molar-refractivity contribution in [3.05, 3.63) is 59.2 Å². The minimum atomic E-state index is -0.798. The van der Waals surface area contributed by atoms with E-state index in [1.165, 1.54) is 49.7 Å². The molecule has 2 aromatic carbocycles. The summed E-state index contributed by atoms with van der Waals surface area (Å²) in [6.07, 6.45) is 12.2. The third-order valence-corrected chi connectivity index (χ3v) is 11.3. The highest BCUT2D eigenvalue weighted by molar-refractivity contribution is 5.62. The number of benzene rings is 2. The van der Waals surface area contributed by atoms with Gasteiger partial charge in [0.25, 0.3) is 0 Å². The number of aromatic hydroxyl groups is 1. The lowest BCUT2D eigenvalue weighted by Crippen LogP contribution is -2.78. The highest BCUT2D eigenvalue weighted by Gasteiger charge is 2.73. The number of unbranched alkanes of at least 4 members (excludes halogenated alkanes) is 3. The molecule has 1 saturated heterocycles. The lowest BCUT2D eigenvalue weighted by molar-refractivity contribution is -0.202. The first-order valence-corrected chi connectivity index (χ1v) is 16.2. The molecule has 2 N–H and O–H groups in total. The molecule has 0 unspecified atom stereocenters. The average molecular weight is 545 g/mol. The Kier molecular flexibility index (Phi) is 6.92. The molecule has 0 radical (unpaired) electrons. The van der Waals surface area contributed by atoms with Gasteiger partial charge in [-0.25, -0.2) is 0 Å². The molecule has 2 bridgehead atoms. The summed E-state index contributed by atoms with van der Waals surface area (Å²) < 4.78 is 6.87. The summed E-state index contributed by atoms with van der Waals surface area (Å²) in [5.74, 6) is 1.73. The van der Waals surface area contributed by atoms with Crippen molar-refractivity contribution in [3.63, 3.8) is 0 Å². The summed E-state index contributed by atoms with van der Waals surface area (Å²) in [6.45, 7) is 7.85. The highest BCUT2D eigenvalue weighted by Crippen LogP contribution is 2.66. The van der Waals surface area contributed by atoms with Crippen LogP contribution in [0.2, 0.25) is 0 Å². The van der Waals surface area contributed by atoms with Crippen molar-refractivity contribution in [2.24, 2.45) is 5.92 Å². The number of rotatable bonds is 11. The van der Waals surface area contributed by atoms with Crippen LogP contribution in [0.5, 0.6) is 11.5 Å². The van der Waals surface area contributed by atoms with Crippen LogP contribution in [0.4, 0.5) is 0 Å². The Bertz CT molecular complexity index is 1210. The molecule has 7 rings (SSSR count). The molecule has 2 saturated carbocycles. The molecule has 5 atom stereocenters. The second-order valence-corrected chi connectivity index (χ2v) is 13.9. The van der Waals surface area contributed by atoms with Gasteiger partial charge in [-0.05, 0) is 108 Å². The summed E-state index contributed by atoms with van der Waals surface area (Å²) in [6, 6.07) is 15.6. The van der Waals surface area contributed by atoms with Crippen molar-refractivity contribution in [3.8, 4) is 11.5 Å². The van der Waals surface area contributed by atoms with Gasteiger partial charge in [0.05, 0.1) is 11.0 Å². The lowest BCUT2D eigenvalue weighted by Gasteiger charge is -2.65. The lowest BCUT2D eigenvalue weighted by atomic mass is 9.48. The van der Waals surface area contributed by atoms with Crippen molar-refractivity contribution in [1.29, 1.82) is 0 Å². The van der Waals surface area contributed by atoms with Gasteiger partial charge in [0.15, 0.2) is 11.5 Å². The van der Waals surface area contributed by atoms with Crippen molar-refractivity contribution >= 4 is 0 Å². The van der Waals surface area contributed by atoms with E-state index < -0.39 is 11.0 Å². The Morgan fingerprint density at radius 2 is 1.80 bits per heavy atom. The summed E-state index contributed by atoms with van der Waals surface area (Å²) in [5, 5.41) is 23.8. The second-order valence-electron chi connectivity index (χ2n) is 13.9. The van der Waals surface area contributed by atoms with E-state index in [9.17, 15) is 10.2 Å². The molecule has 1 spiro atoms. The van der Waals surface area contributed by atoms with Gasteiger partial charge in [0.2, 0.25) is 0 Å². The fourth-order valence-electron chi connectivity index (χ4n) is 9.22. The molecular weight excluding hydrogens is 496 g/mol. The van der Waals surface area contributed by atoms with Gasteiger partial charge >= 0.3 is 0 Å². The van der Waals surface area contributed by atoms with E-state index in [4.69, 9.17) is 4.74 Å². The minimum absolute atomic E-state index is 0.111. The first-order chi connectivity index (χ1) is 19.4. The molecule has 2 aromatic rings. The average Bonchev–Trinajstić information content (AvgIpc) is 3.69. The summed E-state index contributed by atoms with van der Waals surface area (Å²) in [4.78, 5) is 5.31. The highest BCUT2D eigenvalue weighted by atomic mass is 16.5. The van der Waals surface area contributed by atoms with Crippen LogP contribution in [0, 0.1) is 5.92 Å². The van der Waals surface area contributed by atoms with Crippen LogP contribution in [0.25, 0.3) is 0 Å². The van der Waals surface area contributed by atoms with E-state index in [0.717, 1.165) is 63.2 Å². The Hall–Kier alpha value is -2.08. The fraction of sp³-hybridized carbons (Fsp3) is 0.657. The third-order valence-electron chi connectivity index (χ3n) is 11.3. The van der Waals surface area contributed by atoms with Gasteiger partial charge in [-0.3, -0.25) is 9.80 Å². The number of hydrogen-bond donors (Lipinski definition) is 2. The van der Waals surface area contributed by atoms with Crippen molar-refractivity contribution in [1.82, 2.24) is 9.80 Å². The number of ether oxygens (including phenoxy) is 1. The Labute approximate surface area is 240 Å². The molecule has 2 aliphatic heterocycles. The Morgan fingerprint density at radius 1 is 1.00 bits per heavy atom. The minimum Gasteiger partial charge on any atom is -0.504 e. The second kappa shape index (κ2) is 10.3. The van der Waals surface area contributed by atoms with Crippen LogP contribution in [-0.2, 0) is 18.3 Å². The van der Waals surface area contributed by atoms with E-state index >= 15 is 0 Å². The molecule has 3 fully saturated rings. The molecule has 0 aromatic heterocycles. The fourth-order valence-corrected chi connectivity index (χ4v) is 9.22. The number of aryl methyl sites for hydroxylation is 1. The van der Waals surface area contributed by atoms with Crippen LogP contribution < -0.4 is 4.74 Å². The molecule has 5 nitrogen and oxygen atoms in total. The van der Waals surface area contributed by atoms with E-state index in [1.54, 1.807) is 0 Å². The number of likely N-dealkylation sites (tertiary alicyclic amines) is 1. The summed E-state index contributed by atoms with van der Waals surface area (Å²) >= 11 is 0. The SMILES string of the molecule is CC(C)N(CCCCCCc1ccccc1)[C@@H]1CC[C@@]2(O)[C@H]3Cc4ccc(O)c5c4[C@@]2(CCN3CC2CC2)[C@H]1O5. The largest absolute Gasteiger partial charge is 0.504 e. The van der Waals surface area contributed by atoms with Crippen LogP contribution in [0.1, 0.15) is 88.3 Å². The van der Waals surface area contributed by atoms with E-state index in [1.807, 2.05) is 6.07 Å². The number of piperidine rings is 1. The molecule has 5 heteroatoms. The van der Waals surface area contributed by atoms with Gasteiger partial charge in [0, 0.05) is 30.2 Å². The smallest absolute Gasteiger partial charge is 0.165 e. The standard InChI is InChI=1S/C35H48N2O3/c1-24(2)37(20-9-4-3-6-10-25-11-7-5-8-12-25)28-17-18-35(39)30-22-27-15-16-29(38)32-31(27)34(35,33(28)40-32)19-21-36(30)23-26-13-14-26/h5,7-8,11-12,15-16,24,26,28,30,33,38-39H,3-4,6,9-10,13-14,17-23H2,1-2H3/t28-,30-,33+,34+,35-/m1/s1. The molecule has 216 valence electrons. The van der Waals surface area contributed by atoms with Gasteiger partial charge in [-0.2, -0.15) is 0 Å². The normalized spacial score (nSPS) is 32.4. The Morgan fingerprint density at radius 3 is 2.58 bits per heavy atom. The molecule has 2 heterocycles. The molecule has 40 heavy (non-hydrogen) atoms. The quantitative estimate of drug-likeness (QED) is 0.348. The monoisotopic (exact) mass is 544 g/mol. The predicted octanol–water partition coefficient (Wildman–Crippen LogP) is 5.84. The van der Waals surface area contributed by atoms with Gasteiger partial charge in [-0.1, -0.05) is 49.2 Å². The van der Waals surface area contributed by atoms with Gasteiger partial charge in [0.1, 0.15) is 6.10 Å². The number of aliphatic hydroxyl groups is 1.